The summed E-state index contributed by atoms with van der Waals surface area (Å²) in [5.74, 6) is -3.18. The summed E-state index contributed by atoms with van der Waals surface area (Å²) >= 11 is 0. The summed E-state index contributed by atoms with van der Waals surface area (Å²) in [5.41, 5.74) is -0.155. The second kappa shape index (κ2) is 7.35. The van der Waals surface area contributed by atoms with E-state index in [9.17, 15) is 24.6 Å². The second-order valence-electron chi connectivity index (χ2n) is 6.27. The molecule has 0 aliphatic carbocycles. The SMILES string of the molecule is C[C@](O)(CC(=O)O)CC(=O)N[C@@H](Cc1c[nH]c2ccccc12)C(=O)O. The van der Waals surface area contributed by atoms with E-state index in [1.54, 1.807) is 6.20 Å². The first-order valence-corrected chi connectivity index (χ1v) is 7.69. The van der Waals surface area contributed by atoms with E-state index in [0.29, 0.717) is 0 Å². The molecule has 0 saturated carbocycles. The van der Waals surface area contributed by atoms with Gasteiger partial charge < -0.3 is 25.6 Å². The third-order valence-electron chi connectivity index (χ3n) is 3.81. The lowest BCUT2D eigenvalue weighted by Crippen LogP contribution is -2.45. The van der Waals surface area contributed by atoms with Gasteiger partial charge in [-0.2, -0.15) is 0 Å². The van der Waals surface area contributed by atoms with Crippen LogP contribution in [0.25, 0.3) is 10.9 Å². The maximum atomic E-state index is 12.0. The molecule has 0 radical (unpaired) electrons. The van der Waals surface area contributed by atoms with Gasteiger partial charge in [0, 0.05) is 23.5 Å². The predicted octanol–water partition coefficient (Wildman–Crippen LogP) is 0.896. The monoisotopic (exact) mass is 348 g/mol. The standard InChI is InChI=1S/C17H20N2O6/c1-17(25,8-15(21)22)7-14(20)19-13(16(23)24)6-10-9-18-12-5-3-2-4-11(10)12/h2-5,9,13,18,25H,6-8H2,1H3,(H,19,20)(H,21,22)(H,23,24)/t13-,17+/m0/s1. The van der Waals surface area contributed by atoms with Gasteiger partial charge in [0.2, 0.25) is 5.91 Å². The van der Waals surface area contributed by atoms with E-state index in [0.717, 1.165) is 16.5 Å². The number of carbonyl (C=O) groups is 3. The van der Waals surface area contributed by atoms with Crippen LogP contribution in [-0.4, -0.2) is 49.8 Å². The van der Waals surface area contributed by atoms with Gasteiger partial charge in [0.05, 0.1) is 18.4 Å². The molecule has 2 rings (SSSR count). The smallest absolute Gasteiger partial charge is 0.326 e. The Labute approximate surface area is 143 Å². The van der Waals surface area contributed by atoms with Gasteiger partial charge in [0.15, 0.2) is 0 Å². The van der Waals surface area contributed by atoms with Gasteiger partial charge >= 0.3 is 11.9 Å². The Kier molecular flexibility index (Phi) is 5.43. The van der Waals surface area contributed by atoms with Crippen LogP contribution in [-0.2, 0) is 20.8 Å². The molecule has 2 aromatic rings. The van der Waals surface area contributed by atoms with Gasteiger partial charge in [-0.15, -0.1) is 0 Å². The molecule has 0 saturated heterocycles. The highest BCUT2D eigenvalue weighted by Gasteiger charge is 2.30. The summed E-state index contributed by atoms with van der Waals surface area (Å²) < 4.78 is 0. The van der Waals surface area contributed by atoms with Crippen molar-refractivity contribution in [2.24, 2.45) is 0 Å². The Hall–Kier alpha value is -2.87. The molecule has 0 bridgehead atoms. The number of aliphatic carboxylic acids is 2. The van der Waals surface area contributed by atoms with Crippen LogP contribution in [0.2, 0.25) is 0 Å². The third kappa shape index (κ3) is 5.05. The lowest BCUT2D eigenvalue weighted by molar-refractivity contribution is -0.145. The molecule has 0 aliphatic heterocycles. The number of aromatic nitrogens is 1. The van der Waals surface area contributed by atoms with Crippen LogP contribution >= 0.6 is 0 Å². The normalized spacial score (nSPS) is 14.6. The van der Waals surface area contributed by atoms with Crippen molar-refractivity contribution in [1.82, 2.24) is 10.3 Å². The van der Waals surface area contributed by atoms with Crippen molar-refractivity contribution >= 4 is 28.7 Å². The maximum absolute atomic E-state index is 12.0. The first-order chi connectivity index (χ1) is 11.7. The molecule has 25 heavy (non-hydrogen) atoms. The van der Waals surface area contributed by atoms with Crippen LogP contribution < -0.4 is 5.32 Å². The highest BCUT2D eigenvalue weighted by molar-refractivity contribution is 5.87. The van der Waals surface area contributed by atoms with Crippen LogP contribution in [0.15, 0.2) is 30.5 Å². The minimum absolute atomic E-state index is 0.0617. The molecule has 0 spiro atoms. The van der Waals surface area contributed by atoms with Gasteiger partial charge in [-0.25, -0.2) is 4.79 Å². The molecule has 2 atom stereocenters. The molecule has 1 amide bonds. The molecule has 0 unspecified atom stereocenters. The van der Waals surface area contributed by atoms with E-state index in [2.05, 4.69) is 10.3 Å². The van der Waals surface area contributed by atoms with Gasteiger partial charge in [0.1, 0.15) is 6.04 Å². The number of amides is 1. The third-order valence-corrected chi connectivity index (χ3v) is 3.81. The fourth-order valence-electron chi connectivity index (χ4n) is 2.70. The zero-order valence-corrected chi connectivity index (χ0v) is 13.7. The van der Waals surface area contributed by atoms with Gasteiger partial charge in [-0.05, 0) is 18.6 Å². The number of H-pyrrole nitrogens is 1. The number of aliphatic hydroxyl groups is 1. The first kappa shape index (κ1) is 18.5. The molecule has 1 aromatic carbocycles. The number of carbonyl (C=O) groups excluding carboxylic acids is 1. The van der Waals surface area contributed by atoms with Crippen molar-refractivity contribution in [1.29, 1.82) is 0 Å². The number of nitrogens with one attached hydrogen (secondary N) is 2. The number of carboxylic acid groups (broad SMARTS) is 2. The van der Waals surface area contributed by atoms with E-state index in [-0.39, 0.29) is 6.42 Å². The molecule has 0 aliphatic rings. The first-order valence-electron chi connectivity index (χ1n) is 7.69. The summed E-state index contributed by atoms with van der Waals surface area (Å²) in [6, 6.07) is 6.20. The topological polar surface area (TPSA) is 140 Å². The van der Waals surface area contributed by atoms with Gasteiger partial charge in [-0.1, -0.05) is 18.2 Å². The molecular formula is C17H20N2O6. The van der Waals surface area contributed by atoms with E-state index < -0.39 is 42.3 Å². The Bertz CT molecular complexity index is 795. The number of rotatable bonds is 8. The summed E-state index contributed by atoms with van der Waals surface area (Å²) in [4.78, 5) is 37.2. The number of hydrogen-bond acceptors (Lipinski definition) is 4. The molecule has 8 heteroatoms. The highest BCUT2D eigenvalue weighted by atomic mass is 16.4. The molecule has 134 valence electrons. The molecule has 0 fully saturated rings. The second-order valence-corrected chi connectivity index (χ2v) is 6.27. The summed E-state index contributed by atoms with van der Waals surface area (Å²) in [7, 11) is 0. The fourth-order valence-corrected chi connectivity index (χ4v) is 2.70. The quantitative estimate of drug-likeness (QED) is 0.480. The molecule has 5 N–H and O–H groups in total. The van der Waals surface area contributed by atoms with Crippen LogP contribution in [0.3, 0.4) is 0 Å². The number of aromatic amines is 1. The van der Waals surface area contributed by atoms with Crippen LogP contribution in [0.1, 0.15) is 25.3 Å². The summed E-state index contributed by atoms with van der Waals surface area (Å²) in [6.45, 7) is 1.22. The number of hydrogen-bond donors (Lipinski definition) is 5. The van der Waals surface area contributed by atoms with Crippen molar-refractivity contribution in [2.75, 3.05) is 0 Å². The van der Waals surface area contributed by atoms with E-state index >= 15 is 0 Å². The minimum atomic E-state index is -1.75. The lowest BCUT2D eigenvalue weighted by atomic mass is 9.97. The number of carboxylic acids is 2. The molecule has 8 nitrogen and oxygen atoms in total. The van der Waals surface area contributed by atoms with E-state index in [1.165, 1.54) is 6.92 Å². The van der Waals surface area contributed by atoms with Crippen LogP contribution in [0, 0.1) is 0 Å². The van der Waals surface area contributed by atoms with Crippen molar-refractivity contribution < 1.29 is 29.7 Å². The average molecular weight is 348 g/mol. The fraction of sp³-hybridized carbons (Fsp3) is 0.353. The highest BCUT2D eigenvalue weighted by Crippen LogP contribution is 2.20. The number of benzene rings is 1. The van der Waals surface area contributed by atoms with E-state index in [4.69, 9.17) is 5.11 Å². The van der Waals surface area contributed by atoms with Crippen molar-refractivity contribution in [3.8, 4) is 0 Å². The zero-order valence-electron chi connectivity index (χ0n) is 13.7. The Morgan fingerprint density at radius 1 is 1.20 bits per heavy atom. The number of para-hydroxylation sites is 1. The van der Waals surface area contributed by atoms with Gasteiger partial charge in [0.25, 0.3) is 0 Å². The maximum Gasteiger partial charge on any atom is 0.326 e. The van der Waals surface area contributed by atoms with Crippen LogP contribution in [0.4, 0.5) is 0 Å². The molecular weight excluding hydrogens is 328 g/mol. The van der Waals surface area contributed by atoms with E-state index in [1.807, 2.05) is 24.3 Å². The van der Waals surface area contributed by atoms with Gasteiger partial charge in [-0.3, -0.25) is 9.59 Å². The van der Waals surface area contributed by atoms with Crippen molar-refractivity contribution in [2.45, 2.75) is 37.8 Å². The van der Waals surface area contributed by atoms with Crippen molar-refractivity contribution in [3.05, 3.63) is 36.0 Å². The lowest BCUT2D eigenvalue weighted by Gasteiger charge is -2.22. The molecule has 1 heterocycles. The Balaban J connectivity index is 2.07. The molecule has 1 aromatic heterocycles. The average Bonchev–Trinajstić information content (AvgIpc) is 2.87. The Morgan fingerprint density at radius 3 is 2.52 bits per heavy atom. The van der Waals surface area contributed by atoms with Crippen LogP contribution in [0.5, 0.6) is 0 Å². The zero-order chi connectivity index (χ0) is 18.6. The largest absolute Gasteiger partial charge is 0.481 e. The van der Waals surface area contributed by atoms with Crippen molar-refractivity contribution in [3.63, 3.8) is 0 Å². The minimum Gasteiger partial charge on any atom is -0.481 e. The predicted molar refractivity (Wildman–Crippen MR) is 89.1 cm³/mol. The Morgan fingerprint density at radius 2 is 1.88 bits per heavy atom. The number of fused-ring (bicyclic) bond motifs is 1. The summed E-state index contributed by atoms with van der Waals surface area (Å²) in [5, 5.41) is 31.2. The summed E-state index contributed by atoms with van der Waals surface area (Å²) in [6.07, 6.45) is 0.636.